The molecule has 0 spiro atoms. The zero-order valence-corrected chi connectivity index (χ0v) is 14.9. The van der Waals surface area contributed by atoms with Crippen molar-refractivity contribution in [3.63, 3.8) is 0 Å². The largest absolute Gasteiger partial charge is 0.495 e. The zero-order valence-electron chi connectivity index (χ0n) is 14.9. The summed E-state index contributed by atoms with van der Waals surface area (Å²) in [5.74, 6) is -0.894. The number of hydrogen-bond donors (Lipinski definition) is 2. The number of methoxy groups -OCH3 is 1. The fourth-order valence-electron chi connectivity index (χ4n) is 2.28. The molecule has 0 saturated heterocycles. The van der Waals surface area contributed by atoms with Gasteiger partial charge in [-0.15, -0.1) is 0 Å². The van der Waals surface area contributed by atoms with E-state index in [-0.39, 0.29) is 29.9 Å². The van der Waals surface area contributed by atoms with Crippen LogP contribution in [0.1, 0.15) is 44.1 Å². The number of aromatic nitrogens is 1. The molecule has 1 aromatic heterocycles. The third-order valence-electron chi connectivity index (χ3n) is 3.64. The molecule has 1 unspecified atom stereocenters. The number of carbonyl (C=O) groups excluding carboxylic acids is 2. The van der Waals surface area contributed by atoms with Gasteiger partial charge in [-0.1, -0.05) is 0 Å². The predicted octanol–water partition coefficient (Wildman–Crippen LogP) is 2.26. The number of alkyl carbamates (subject to hydrolysis) is 1. The van der Waals surface area contributed by atoms with Crippen molar-refractivity contribution >= 4 is 12.0 Å². The van der Waals surface area contributed by atoms with Gasteiger partial charge in [0.05, 0.1) is 19.3 Å². The highest BCUT2D eigenvalue weighted by atomic mass is 19.1. The summed E-state index contributed by atoms with van der Waals surface area (Å²) in [7, 11) is 1.39. The Hall–Kier alpha value is -2.38. The Kier molecular flexibility index (Phi) is 5.81. The highest BCUT2D eigenvalue weighted by Crippen LogP contribution is 2.32. The minimum atomic E-state index is -0.764. The number of amides is 2. The number of carbonyl (C=O) groups is 2. The maximum Gasteiger partial charge on any atom is 0.407 e. The molecule has 0 bridgehead atoms. The Bertz CT molecular complexity index is 641. The number of rotatable bonds is 6. The second-order valence-corrected chi connectivity index (χ2v) is 7.01. The second kappa shape index (κ2) is 7.67. The minimum absolute atomic E-state index is 0.176. The minimum Gasteiger partial charge on any atom is -0.495 e. The van der Waals surface area contributed by atoms with E-state index in [4.69, 9.17) is 9.47 Å². The van der Waals surface area contributed by atoms with Gasteiger partial charge in [0.2, 0.25) is 0 Å². The normalized spacial score (nSPS) is 15.2. The van der Waals surface area contributed by atoms with Crippen LogP contribution in [-0.2, 0) is 4.74 Å². The lowest BCUT2D eigenvalue weighted by molar-refractivity contribution is 0.0495. The molecule has 7 nitrogen and oxygen atoms in total. The van der Waals surface area contributed by atoms with Crippen molar-refractivity contribution in [1.29, 1.82) is 0 Å². The van der Waals surface area contributed by atoms with E-state index in [1.54, 1.807) is 20.8 Å². The summed E-state index contributed by atoms with van der Waals surface area (Å²) in [4.78, 5) is 27.8. The van der Waals surface area contributed by atoms with Gasteiger partial charge in [0.15, 0.2) is 11.5 Å². The average molecular weight is 353 g/mol. The van der Waals surface area contributed by atoms with Crippen LogP contribution >= 0.6 is 0 Å². The Morgan fingerprint density at radius 1 is 1.40 bits per heavy atom. The van der Waals surface area contributed by atoms with Crippen LogP contribution in [0.4, 0.5) is 9.18 Å². The van der Waals surface area contributed by atoms with Gasteiger partial charge >= 0.3 is 6.09 Å². The first-order chi connectivity index (χ1) is 11.7. The Morgan fingerprint density at radius 2 is 2.08 bits per heavy atom. The van der Waals surface area contributed by atoms with Crippen LogP contribution in [0.25, 0.3) is 0 Å². The van der Waals surface area contributed by atoms with Gasteiger partial charge in [-0.25, -0.2) is 14.2 Å². The maximum absolute atomic E-state index is 13.9. The van der Waals surface area contributed by atoms with Gasteiger partial charge in [0.25, 0.3) is 5.91 Å². The molecular weight excluding hydrogens is 329 g/mol. The molecule has 1 atom stereocenters. The van der Waals surface area contributed by atoms with Crippen LogP contribution in [0.5, 0.6) is 5.75 Å². The molecule has 1 fully saturated rings. The van der Waals surface area contributed by atoms with E-state index in [0.29, 0.717) is 0 Å². The SMILES string of the molecule is COc1cnc(C(=O)NCC(NC(=O)OC(C)(C)C)C2CC2)c(F)c1. The Morgan fingerprint density at radius 3 is 2.60 bits per heavy atom. The molecule has 2 amide bonds. The number of hydrogen-bond acceptors (Lipinski definition) is 5. The van der Waals surface area contributed by atoms with E-state index in [1.165, 1.54) is 13.3 Å². The highest BCUT2D eigenvalue weighted by Gasteiger charge is 2.33. The van der Waals surface area contributed by atoms with Crippen LogP contribution in [0, 0.1) is 11.7 Å². The first-order valence-electron chi connectivity index (χ1n) is 8.17. The summed E-state index contributed by atoms with van der Waals surface area (Å²) in [6, 6.07) is 0.833. The quantitative estimate of drug-likeness (QED) is 0.819. The van der Waals surface area contributed by atoms with E-state index in [2.05, 4.69) is 15.6 Å². The number of ether oxygens (including phenoxy) is 2. The van der Waals surface area contributed by atoms with Crippen LogP contribution in [0.2, 0.25) is 0 Å². The van der Waals surface area contributed by atoms with Crippen LogP contribution in [0.3, 0.4) is 0 Å². The topological polar surface area (TPSA) is 89.5 Å². The number of nitrogens with one attached hydrogen (secondary N) is 2. The molecule has 1 saturated carbocycles. The van der Waals surface area contributed by atoms with Gasteiger partial charge in [0, 0.05) is 12.6 Å². The second-order valence-electron chi connectivity index (χ2n) is 7.01. The van der Waals surface area contributed by atoms with Crippen LogP contribution < -0.4 is 15.4 Å². The Labute approximate surface area is 146 Å². The summed E-state index contributed by atoms with van der Waals surface area (Å²) in [5, 5.41) is 5.38. The molecule has 25 heavy (non-hydrogen) atoms. The third kappa shape index (κ3) is 5.88. The van der Waals surface area contributed by atoms with Crippen molar-refractivity contribution in [3.8, 4) is 5.75 Å². The number of halogens is 1. The van der Waals surface area contributed by atoms with Crippen molar-refractivity contribution in [1.82, 2.24) is 15.6 Å². The molecule has 1 aliphatic carbocycles. The summed E-state index contributed by atoms with van der Waals surface area (Å²) in [6.45, 7) is 5.51. The summed E-state index contributed by atoms with van der Waals surface area (Å²) < 4.78 is 24.0. The van der Waals surface area contributed by atoms with Crippen molar-refractivity contribution < 1.29 is 23.5 Å². The number of pyridine rings is 1. The fraction of sp³-hybridized carbons (Fsp3) is 0.588. The molecule has 2 N–H and O–H groups in total. The van der Waals surface area contributed by atoms with Crippen molar-refractivity contribution in [2.45, 2.75) is 45.3 Å². The van der Waals surface area contributed by atoms with Crippen molar-refractivity contribution in [3.05, 3.63) is 23.8 Å². The molecule has 0 aliphatic heterocycles. The average Bonchev–Trinajstić information content (AvgIpc) is 3.33. The van der Waals surface area contributed by atoms with Crippen molar-refractivity contribution in [2.75, 3.05) is 13.7 Å². The van der Waals surface area contributed by atoms with E-state index in [0.717, 1.165) is 18.9 Å². The standard InChI is InChI=1S/C17H24FN3O4/c1-17(2,3)25-16(23)21-13(10-5-6-10)9-20-15(22)14-12(18)7-11(24-4)8-19-14/h7-8,10,13H,5-6,9H2,1-4H3,(H,20,22)(H,21,23). The number of nitrogens with zero attached hydrogens (tertiary/aromatic N) is 1. The maximum atomic E-state index is 13.9. The first kappa shape index (κ1) is 19.0. The summed E-state index contributed by atoms with van der Waals surface area (Å²) in [6.07, 6.45) is 2.67. The van der Waals surface area contributed by atoms with E-state index >= 15 is 0 Å². The Balaban J connectivity index is 1.92. The van der Waals surface area contributed by atoms with E-state index in [9.17, 15) is 14.0 Å². The molecule has 0 radical (unpaired) electrons. The van der Waals surface area contributed by atoms with Gasteiger partial charge in [-0.05, 0) is 39.5 Å². The van der Waals surface area contributed by atoms with Gasteiger partial charge in [0.1, 0.15) is 11.4 Å². The fourth-order valence-corrected chi connectivity index (χ4v) is 2.28. The predicted molar refractivity (Wildman–Crippen MR) is 89.0 cm³/mol. The first-order valence-corrected chi connectivity index (χ1v) is 8.17. The van der Waals surface area contributed by atoms with Gasteiger partial charge < -0.3 is 20.1 Å². The summed E-state index contributed by atoms with van der Waals surface area (Å²) >= 11 is 0. The van der Waals surface area contributed by atoms with Crippen molar-refractivity contribution in [2.24, 2.45) is 5.92 Å². The van der Waals surface area contributed by atoms with E-state index < -0.39 is 23.4 Å². The molecule has 138 valence electrons. The smallest absolute Gasteiger partial charge is 0.407 e. The molecule has 1 aliphatic rings. The lowest BCUT2D eigenvalue weighted by Crippen LogP contribution is -2.46. The lowest BCUT2D eigenvalue weighted by Gasteiger charge is -2.23. The summed E-state index contributed by atoms with van der Waals surface area (Å²) in [5.41, 5.74) is -0.912. The third-order valence-corrected chi connectivity index (χ3v) is 3.64. The highest BCUT2D eigenvalue weighted by molar-refractivity contribution is 5.92. The molecular formula is C17H24FN3O4. The molecule has 8 heteroatoms. The monoisotopic (exact) mass is 353 g/mol. The van der Waals surface area contributed by atoms with E-state index in [1.807, 2.05) is 0 Å². The molecule has 0 aromatic carbocycles. The van der Waals surface area contributed by atoms with Crippen LogP contribution in [0.15, 0.2) is 12.3 Å². The van der Waals surface area contributed by atoms with Crippen LogP contribution in [-0.4, -0.2) is 42.3 Å². The zero-order chi connectivity index (χ0) is 18.6. The molecule has 1 aromatic rings. The molecule has 2 rings (SSSR count). The van der Waals surface area contributed by atoms with Gasteiger partial charge in [-0.2, -0.15) is 0 Å². The molecule has 1 heterocycles. The lowest BCUT2D eigenvalue weighted by atomic mass is 10.2. The van der Waals surface area contributed by atoms with Gasteiger partial charge in [-0.3, -0.25) is 4.79 Å².